The van der Waals surface area contributed by atoms with Gasteiger partial charge in [0.05, 0.1) is 0 Å². The third kappa shape index (κ3) is 4.54. The summed E-state index contributed by atoms with van der Waals surface area (Å²) in [6, 6.07) is 4.60. The van der Waals surface area contributed by atoms with E-state index in [9.17, 15) is 22.8 Å². The summed E-state index contributed by atoms with van der Waals surface area (Å²) in [7, 11) is 0. The van der Waals surface area contributed by atoms with Gasteiger partial charge in [-0.3, -0.25) is 4.79 Å². The van der Waals surface area contributed by atoms with E-state index in [1.54, 1.807) is 0 Å². The molecule has 0 bridgehead atoms. The van der Waals surface area contributed by atoms with Crippen molar-refractivity contribution in [1.29, 1.82) is 0 Å². The molecule has 0 spiro atoms. The minimum atomic E-state index is -4.82. The number of halogens is 3. The number of hydrogen-bond acceptors (Lipinski definition) is 3. The summed E-state index contributed by atoms with van der Waals surface area (Å²) >= 11 is 0. The Kier molecular flexibility index (Phi) is 3.72. The van der Waals surface area contributed by atoms with Crippen molar-refractivity contribution >= 4 is 11.8 Å². The molecule has 0 fully saturated rings. The van der Waals surface area contributed by atoms with E-state index in [0.29, 0.717) is 0 Å². The average Bonchev–Trinajstić information content (AvgIpc) is 2.15. The van der Waals surface area contributed by atoms with Crippen LogP contribution < -0.4 is 4.74 Å². The van der Waals surface area contributed by atoms with Crippen molar-refractivity contribution in [1.82, 2.24) is 0 Å². The summed E-state index contributed by atoms with van der Waals surface area (Å²) in [5, 5.41) is 8.34. The molecule has 17 heavy (non-hydrogen) atoms. The van der Waals surface area contributed by atoms with E-state index >= 15 is 0 Å². The van der Waals surface area contributed by atoms with Crippen LogP contribution in [0.15, 0.2) is 24.3 Å². The fourth-order valence-electron chi connectivity index (χ4n) is 1.11. The number of rotatable bonds is 4. The molecule has 1 aromatic carbocycles. The molecule has 1 N–H and O–H groups in total. The van der Waals surface area contributed by atoms with E-state index in [0.717, 1.165) is 12.1 Å². The number of aliphatic carboxylic acids is 1. The molecule has 0 saturated carbocycles. The highest BCUT2D eigenvalue weighted by Gasteiger charge is 2.31. The van der Waals surface area contributed by atoms with E-state index < -0.39 is 30.3 Å². The van der Waals surface area contributed by atoms with Crippen LogP contribution >= 0.6 is 0 Å². The fraction of sp³-hybridized carbons (Fsp3) is 0.200. The van der Waals surface area contributed by atoms with E-state index in [1.165, 1.54) is 12.1 Å². The molecular formula is C10H7F3O4. The van der Waals surface area contributed by atoms with Crippen LogP contribution in [0.4, 0.5) is 13.2 Å². The van der Waals surface area contributed by atoms with Gasteiger partial charge in [-0.05, 0) is 17.7 Å². The molecule has 0 atom stereocenters. The zero-order valence-corrected chi connectivity index (χ0v) is 8.32. The molecule has 0 unspecified atom stereocenters. The molecule has 0 aromatic heterocycles. The van der Waals surface area contributed by atoms with E-state index in [-0.39, 0.29) is 5.56 Å². The smallest absolute Gasteiger partial charge is 0.475 e. The van der Waals surface area contributed by atoms with Crippen LogP contribution in [0, 0.1) is 0 Å². The molecule has 1 aromatic rings. The molecule has 0 amide bonds. The lowest BCUT2D eigenvalue weighted by atomic mass is 10.1. The molecule has 4 nitrogen and oxygen atoms in total. The number of carboxylic acids is 1. The lowest BCUT2D eigenvalue weighted by Gasteiger charge is -2.09. The molecule has 0 radical (unpaired) electrons. The largest absolute Gasteiger partial charge is 0.573 e. The molecular weight excluding hydrogens is 241 g/mol. The van der Waals surface area contributed by atoms with Crippen molar-refractivity contribution in [3.8, 4) is 5.75 Å². The van der Waals surface area contributed by atoms with Gasteiger partial charge in [-0.15, -0.1) is 13.2 Å². The summed E-state index contributed by atoms with van der Waals surface area (Å²) in [4.78, 5) is 21.1. The summed E-state index contributed by atoms with van der Waals surface area (Å²) < 4.78 is 39.3. The van der Waals surface area contributed by atoms with Crippen molar-refractivity contribution < 1.29 is 32.6 Å². The van der Waals surface area contributed by atoms with Gasteiger partial charge in [0.2, 0.25) is 5.78 Å². The number of ketones is 1. The van der Waals surface area contributed by atoms with Crippen molar-refractivity contribution in [3.63, 3.8) is 0 Å². The molecule has 1 rings (SSSR count). The number of ether oxygens (including phenoxy) is 1. The van der Waals surface area contributed by atoms with Crippen LogP contribution in [0.1, 0.15) is 5.56 Å². The maximum Gasteiger partial charge on any atom is 0.573 e. The van der Waals surface area contributed by atoms with Crippen LogP contribution in [0.3, 0.4) is 0 Å². The lowest BCUT2D eigenvalue weighted by molar-refractivity contribution is -0.274. The highest BCUT2D eigenvalue weighted by atomic mass is 19.4. The predicted molar refractivity (Wildman–Crippen MR) is 49.5 cm³/mol. The predicted octanol–water partition coefficient (Wildman–Crippen LogP) is 1.78. The van der Waals surface area contributed by atoms with Crippen LogP contribution in [0.2, 0.25) is 0 Å². The molecule has 0 aliphatic heterocycles. The van der Waals surface area contributed by atoms with Crippen molar-refractivity contribution in [3.05, 3.63) is 29.8 Å². The summed E-state index contributed by atoms with van der Waals surface area (Å²) in [5.74, 6) is -3.23. The van der Waals surface area contributed by atoms with Gasteiger partial charge in [-0.2, -0.15) is 0 Å². The van der Waals surface area contributed by atoms with E-state index in [4.69, 9.17) is 5.11 Å². The number of carbonyl (C=O) groups is 2. The standard InChI is InChI=1S/C10H7F3O4/c11-10(12,13)17-7-3-1-2-6(4-7)5-8(14)9(15)16/h1-4H,5H2,(H,15,16). The topological polar surface area (TPSA) is 63.6 Å². The third-order valence-corrected chi connectivity index (χ3v) is 1.74. The van der Waals surface area contributed by atoms with Gasteiger partial charge in [-0.1, -0.05) is 12.1 Å². The van der Waals surface area contributed by atoms with Crippen molar-refractivity contribution in [2.24, 2.45) is 0 Å². The number of benzene rings is 1. The second kappa shape index (κ2) is 4.86. The number of Topliss-reactive ketones (excluding diaryl/α,β-unsaturated/α-hetero) is 1. The second-order valence-electron chi connectivity index (χ2n) is 3.10. The SMILES string of the molecule is O=C(O)C(=O)Cc1cccc(OC(F)(F)F)c1. The van der Waals surface area contributed by atoms with Crippen molar-refractivity contribution in [2.45, 2.75) is 12.8 Å². The first kappa shape index (κ1) is 13.0. The van der Waals surface area contributed by atoms with Crippen LogP contribution in [-0.4, -0.2) is 23.2 Å². The van der Waals surface area contributed by atoms with Crippen LogP contribution in [0.25, 0.3) is 0 Å². The second-order valence-corrected chi connectivity index (χ2v) is 3.10. The minimum Gasteiger partial charge on any atom is -0.475 e. The zero-order valence-electron chi connectivity index (χ0n) is 8.32. The Morgan fingerprint density at radius 1 is 1.29 bits per heavy atom. The Balaban J connectivity index is 2.79. The number of carboxylic acid groups (broad SMARTS) is 1. The first-order valence-electron chi connectivity index (χ1n) is 4.39. The van der Waals surface area contributed by atoms with Crippen LogP contribution in [-0.2, 0) is 16.0 Å². The first-order chi connectivity index (χ1) is 7.78. The van der Waals surface area contributed by atoms with Gasteiger partial charge in [0.25, 0.3) is 0 Å². The quantitative estimate of drug-likeness (QED) is 0.825. The Labute approximate surface area is 93.6 Å². The number of carbonyl (C=O) groups excluding carboxylic acids is 1. The first-order valence-corrected chi connectivity index (χ1v) is 4.39. The molecule has 7 heteroatoms. The zero-order chi connectivity index (χ0) is 13.1. The average molecular weight is 248 g/mol. The summed E-state index contributed by atoms with van der Waals surface area (Å²) in [5.41, 5.74) is 0.138. The summed E-state index contributed by atoms with van der Waals surface area (Å²) in [6.07, 6.45) is -5.31. The number of alkyl halides is 3. The van der Waals surface area contributed by atoms with Gasteiger partial charge in [0, 0.05) is 6.42 Å². The maximum atomic E-state index is 11.9. The minimum absolute atomic E-state index is 0.138. The lowest BCUT2D eigenvalue weighted by Crippen LogP contribution is -2.18. The molecule has 0 aliphatic carbocycles. The third-order valence-electron chi connectivity index (χ3n) is 1.74. The number of hydrogen-bond donors (Lipinski definition) is 1. The van der Waals surface area contributed by atoms with Gasteiger partial charge in [0.1, 0.15) is 5.75 Å². The molecule has 0 heterocycles. The fourth-order valence-corrected chi connectivity index (χ4v) is 1.11. The normalized spacial score (nSPS) is 11.0. The monoisotopic (exact) mass is 248 g/mol. The molecule has 0 saturated heterocycles. The van der Waals surface area contributed by atoms with Gasteiger partial charge < -0.3 is 9.84 Å². The molecule has 92 valence electrons. The van der Waals surface area contributed by atoms with Gasteiger partial charge in [0.15, 0.2) is 0 Å². The van der Waals surface area contributed by atoms with Crippen LogP contribution in [0.5, 0.6) is 5.75 Å². The highest BCUT2D eigenvalue weighted by Crippen LogP contribution is 2.23. The molecule has 0 aliphatic rings. The highest BCUT2D eigenvalue weighted by molar-refractivity contribution is 6.33. The van der Waals surface area contributed by atoms with E-state index in [2.05, 4.69) is 4.74 Å². The summed E-state index contributed by atoms with van der Waals surface area (Å²) in [6.45, 7) is 0. The Morgan fingerprint density at radius 3 is 2.47 bits per heavy atom. The van der Waals surface area contributed by atoms with Gasteiger partial charge >= 0.3 is 12.3 Å². The van der Waals surface area contributed by atoms with E-state index in [1.807, 2.05) is 0 Å². The van der Waals surface area contributed by atoms with Crippen molar-refractivity contribution in [2.75, 3.05) is 0 Å². The Morgan fingerprint density at radius 2 is 1.94 bits per heavy atom. The maximum absolute atomic E-state index is 11.9. The van der Waals surface area contributed by atoms with Gasteiger partial charge in [-0.25, -0.2) is 4.79 Å². The Bertz CT molecular complexity index is 439. The Hall–Kier alpha value is -2.05.